The van der Waals surface area contributed by atoms with Crippen molar-refractivity contribution in [2.45, 2.75) is 102 Å². The Bertz CT molecular complexity index is 945. The molecule has 0 heterocycles. The molecule has 4 nitrogen and oxygen atoms in total. The second-order valence-electron chi connectivity index (χ2n) is 12.3. The molecule has 5 rings (SSSR count). The maximum atomic E-state index is 13.1. The van der Waals surface area contributed by atoms with Crippen molar-refractivity contribution in [3.63, 3.8) is 0 Å². The van der Waals surface area contributed by atoms with E-state index in [2.05, 4.69) is 18.6 Å². The van der Waals surface area contributed by atoms with Crippen LogP contribution in [0.3, 0.4) is 0 Å². The number of sulfonamides is 1. The second-order valence-corrected chi connectivity index (χ2v) is 14.0. The molecular formula is C27H41NO3S. The zero-order valence-electron chi connectivity index (χ0n) is 20.0. The highest BCUT2D eigenvalue weighted by Gasteiger charge is 2.60. The number of aliphatic hydroxyl groups is 1. The highest BCUT2D eigenvalue weighted by atomic mass is 32.2. The van der Waals surface area contributed by atoms with Crippen LogP contribution < -0.4 is 4.72 Å². The Hall–Kier alpha value is -0.910. The summed E-state index contributed by atoms with van der Waals surface area (Å²) in [5, 5.41) is 10.8. The molecule has 4 fully saturated rings. The van der Waals surface area contributed by atoms with Gasteiger partial charge in [0.2, 0.25) is 10.0 Å². The summed E-state index contributed by atoms with van der Waals surface area (Å²) in [6, 6.07) is 8.86. The second kappa shape index (κ2) is 7.81. The average Bonchev–Trinajstić information content (AvgIpc) is 2.99. The number of hydrogen-bond acceptors (Lipinski definition) is 3. The fourth-order valence-electron chi connectivity index (χ4n) is 8.69. The Morgan fingerprint density at radius 2 is 1.59 bits per heavy atom. The lowest BCUT2D eigenvalue weighted by molar-refractivity contribution is -0.106. The minimum atomic E-state index is -3.49. The standard InChI is InChI=1S/C27H41NO3S/c1-25(29)16-17-26(2)19(18-25)8-7-11-21-22-12-13-24(27(22,3)15-14-23(21)26)28-32(30,31)20-9-5-4-6-10-20/h4-6,9-10,19,21-24,28-29H,7-8,11-18H2,1-3H3/t19?,21-,22?,23?,24+,25-,26+,27+/m1/s1. The van der Waals surface area contributed by atoms with Crippen LogP contribution in [0.2, 0.25) is 0 Å². The third-order valence-corrected chi connectivity index (χ3v) is 12.0. The number of nitrogens with one attached hydrogen (secondary N) is 1. The van der Waals surface area contributed by atoms with Crippen LogP contribution in [0.4, 0.5) is 0 Å². The third-order valence-electron chi connectivity index (χ3n) is 10.5. The summed E-state index contributed by atoms with van der Waals surface area (Å²) in [7, 11) is -3.49. The van der Waals surface area contributed by atoms with Gasteiger partial charge >= 0.3 is 0 Å². The van der Waals surface area contributed by atoms with Gasteiger partial charge in [0.25, 0.3) is 0 Å². The molecule has 0 saturated heterocycles. The van der Waals surface area contributed by atoms with Gasteiger partial charge in [0.15, 0.2) is 0 Å². The Balaban J connectivity index is 1.39. The lowest BCUT2D eigenvalue weighted by atomic mass is 9.49. The largest absolute Gasteiger partial charge is 0.390 e. The molecule has 4 aliphatic rings. The lowest BCUT2D eigenvalue weighted by Gasteiger charge is -2.57. The molecule has 32 heavy (non-hydrogen) atoms. The van der Waals surface area contributed by atoms with Gasteiger partial charge in [-0.2, -0.15) is 0 Å². The number of hydrogen-bond donors (Lipinski definition) is 2. The van der Waals surface area contributed by atoms with Gasteiger partial charge in [-0.15, -0.1) is 0 Å². The topological polar surface area (TPSA) is 66.4 Å². The van der Waals surface area contributed by atoms with Crippen LogP contribution in [0.1, 0.15) is 85.0 Å². The molecule has 0 radical (unpaired) electrons. The fourth-order valence-corrected chi connectivity index (χ4v) is 10.1. The van der Waals surface area contributed by atoms with Gasteiger partial charge in [0, 0.05) is 6.04 Å². The van der Waals surface area contributed by atoms with Gasteiger partial charge in [0.1, 0.15) is 0 Å². The first-order valence-corrected chi connectivity index (χ1v) is 14.3. The minimum absolute atomic E-state index is 0.0256. The zero-order valence-corrected chi connectivity index (χ0v) is 20.8. The van der Waals surface area contributed by atoms with Crippen LogP contribution in [0.5, 0.6) is 0 Å². The monoisotopic (exact) mass is 459 g/mol. The van der Waals surface area contributed by atoms with E-state index in [1.807, 2.05) is 13.0 Å². The van der Waals surface area contributed by atoms with Crippen molar-refractivity contribution in [2.75, 3.05) is 0 Å². The maximum absolute atomic E-state index is 13.1. The van der Waals surface area contributed by atoms with E-state index in [0.717, 1.165) is 38.5 Å². The summed E-state index contributed by atoms with van der Waals surface area (Å²) in [6.45, 7) is 6.94. The van der Waals surface area contributed by atoms with Gasteiger partial charge < -0.3 is 5.11 Å². The van der Waals surface area contributed by atoms with E-state index in [-0.39, 0.29) is 11.5 Å². The highest BCUT2D eigenvalue weighted by molar-refractivity contribution is 7.89. The number of benzene rings is 1. The molecule has 0 spiro atoms. The molecule has 1 aromatic carbocycles. The van der Waals surface area contributed by atoms with E-state index in [4.69, 9.17) is 0 Å². The van der Waals surface area contributed by atoms with E-state index in [0.29, 0.717) is 34.0 Å². The Morgan fingerprint density at radius 3 is 2.34 bits per heavy atom. The van der Waals surface area contributed by atoms with Crippen LogP contribution in [0.15, 0.2) is 35.2 Å². The van der Waals surface area contributed by atoms with Gasteiger partial charge in [0.05, 0.1) is 10.5 Å². The first-order chi connectivity index (χ1) is 15.1. The molecule has 0 bridgehead atoms. The van der Waals surface area contributed by atoms with Crippen LogP contribution in [-0.4, -0.2) is 25.2 Å². The Labute approximate surface area is 194 Å². The molecule has 8 atom stereocenters. The molecule has 2 N–H and O–H groups in total. The highest BCUT2D eigenvalue weighted by Crippen LogP contribution is 2.65. The summed E-state index contributed by atoms with van der Waals surface area (Å²) >= 11 is 0. The molecule has 4 saturated carbocycles. The number of rotatable bonds is 3. The van der Waals surface area contributed by atoms with E-state index in [9.17, 15) is 13.5 Å². The van der Waals surface area contributed by atoms with Crippen LogP contribution in [0, 0.1) is 34.5 Å². The summed E-state index contributed by atoms with van der Waals surface area (Å²) in [5.41, 5.74) is -0.132. The van der Waals surface area contributed by atoms with Crippen molar-refractivity contribution in [3.8, 4) is 0 Å². The Morgan fingerprint density at radius 1 is 0.875 bits per heavy atom. The quantitative estimate of drug-likeness (QED) is 0.626. The van der Waals surface area contributed by atoms with Crippen LogP contribution >= 0.6 is 0 Å². The van der Waals surface area contributed by atoms with Crippen molar-refractivity contribution >= 4 is 10.0 Å². The van der Waals surface area contributed by atoms with Crippen LogP contribution in [0.25, 0.3) is 0 Å². The molecule has 178 valence electrons. The molecule has 3 unspecified atom stereocenters. The predicted molar refractivity (Wildman–Crippen MR) is 128 cm³/mol. The SMILES string of the molecule is C[C@@]1(O)CC[C@@]2(C)C(CCC[C@H]3C2CC[C@@]2(C)C3CC[C@@H]2NS(=O)(=O)c2ccccc2)C1. The van der Waals surface area contributed by atoms with E-state index in [1.54, 1.807) is 24.3 Å². The van der Waals surface area contributed by atoms with E-state index < -0.39 is 15.6 Å². The predicted octanol–water partition coefficient (Wildman–Crippen LogP) is 5.52. The molecule has 0 aromatic heterocycles. The minimum Gasteiger partial charge on any atom is -0.390 e. The Kier molecular flexibility index (Phi) is 5.58. The molecule has 4 aliphatic carbocycles. The zero-order chi connectivity index (χ0) is 22.8. The van der Waals surface area contributed by atoms with Crippen LogP contribution in [-0.2, 0) is 10.0 Å². The van der Waals surface area contributed by atoms with Gasteiger partial charge in [-0.1, -0.05) is 38.5 Å². The van der Waals surface area contributed by atoms with Crippen molar-refractivity contribution in [2.24, 2.45) is 34.5 Å². The van der Waals surface area contributed by atoms with E-state index >= 15 is 0 Å². The summed E-state index contributed by atoms with van der Waals surface area (Å²) in [5.74, 6) is 2.63. The number of fused-ring (bicyclic) bond motifs is 5. The van der Waals surface area contributed by atoms with Crippen molar-refractivity contribution in [3.05, 3.63) is 30.3 Å². The molecule has 1 aromatic rings. The molecule has 0 amide bonds. The first kappa shape index (κ1) is 22.9. The van der Waals surface area contributed by atoms with Crippen molar-refractivity contribution in [1.29, 1.82) is 0 Å². The fraction of sp³-hybridized carbons (Fsp3) is 0.778. The molecule has 0 aliphatic heterocycles. The van der Waals surface area contributed by atoms with E-state index in [1.165, 1.54) is 25.7 Å². The van der Waals surface area contributed by atoms with Crippen molar-refractivity contribution in [1.82, 2.24) is 4.72 Å². The molecule has 5 heteroatoms. The summed E-state index contributed by atoms with van der Waals surface area (Å²) < 4.78 is 29.4. The van der Waals surface area contributed by atoms with Gasteiger partial charge in [-0.25, -0.2) is 13.1 Å². The normalized spacial score (nSPS) is 46.6. The van der Waals surface area contributed by atoms with Gasteiger partial charge in [-0.3, -0.25) is 0 Å². The molecular weight excluding hydrogens is 418 g/mol. The first-order valence-electron chi connectivity index (χ1n) is 12.8. The van der Waals surface area contributed by atoms with Gasteiger partial charge in [-0.05, 0) is 111 Å². The third kappa shape index (κ3) is 3.67. The van der Waals surface area contributed by atoms with Crippen molar-refractivity contribution < 1.29 is 13.5 Å². The lowest BCUT2D eigenvalue weighted by Crippen LogP contribution is -2.54. The summed E-state index contributed by atoms with van der Waals surface area (Å²) in [4.78, 5) is 0.375. The summed E-state index contributed by atoms with van der Waals surface area (Å²) in [6.07, 6.45) is 11.2. The maximum Gasteiger partial charge on any atom is 0.240 e. The smallest absolute Gasteiger partial charge is 0.240 e. The average molecular weight is 460 g/mol.